The molecule has 2 N–H and O–H groups in total. The molecular formula is C28H24Cl6N2O6S2. The van der Waals surface area contributed by atoms with E-state index in [2.05, 4.69) is 9.97 Å². The summed E-state index contributed by atoms with van der Waals surface area (Å²) in [5.41, 5.74) is 1.05. The van der Waals surface area contributed by atoms with Crippen LogP contribution in [-0.4, -0.2) is 37.0 Å². The van der Waals surface area contributed by atoms with Crippen molar-refractivity contribution >= 4 is 89.3 Å². The standard InChI is InChI=1S/2C14H12Cl3NO3S/c2*1-8(9-2-10(15)4-11(16)3-9)22(20,21)7-13-14(19)5-12(17)6-18-13/h2*2-6,8,19H,7H2,1H3/t2*8-/m10/s1. The van der Waals surface area contributed by atoms with Crippen LogP contribution in [0.15, 0.2) is 60.9 Å². The second kappa shape index (κ2) is 15.0. The lowest BCUT2D eigenvalue weighted by Gasteiger charge is -2.14. The van der Waals surface area contributed by atoms with E-state index in [1.54, 1.807) is 24.3 Å². The van der Waals surface area contributed by atoms with Crippen molar-refractivity contribution in [3.63, 3.8) is 0 Å². The van der Waals surface area contributed by atoms with Gasteiger partial charge in [0.1, 0.15) is 11.5 Å². The Hall–Kier alpha value is -2.02. The molecule has 2 heterocycles. The molecule has 0 spiro atoms. The van der Waals surface area contributed by atoms with E-state index in [1.807, 2.05) is 0 Å². The van der Waals surface area contributed by atoms with Crippen molar-refractivity contribution in [1.82, 2.24) is 9.97 Å². The van der Waals surface area contributed by atoms with E-state index < -0.39 is 41.7 Å². The molecule has 236 valence electrons. The highest BCUT2D eigenvalue weighted by Gasteiger charge is 2.27. The van der Waals surface area contributed by atoms with Crippen LogP contribution in [-0.2, 0) is 31.2 Å². The summed E-state index contributed by atoms with van der Waals surface area (Å²) in [4.78, 5) is 7.72. The SMILES string of the molecule is C[C@@H](c1cc(Cl)cc(Cl)c1)S(=O)(=O)Cc1ncc(Cl)cc1O.C[C@H](c1cc(Cl)cc(Cl)c1)S(=O)(=O)Cc1ncc(Cl)cc1O. The summed E-state index contributed by atoms with van der Waals surface area (Å²) >= 11 is 35.0. The van der Waals surface area contributed by atoms with Gasteiger partial charge in [-0.2, -0.15) is 0 Å². The number of hydrogen-bond donors (Lipinski definition) is 2. The fourth-order valence-electron chi connectivity index (χ4n) is 3.80. The van der Waals surface area contributed by atoms with Crippen LogP contribution >= 0.6 is 69.6 Å². The quantitative estimate of drug-likeness (QED) is 0.182. The minimum absolute atomic E-state index is 0.0457. The van der Waals surface area contributed by atoms with Crippen molar-refractivity contribution in [2.24, 2.45) is 0 Å². The van der Waals surface area contributed by atoms with Crippen LogP contribution in [0.25, 0.3) is 0 Å². The third kappa shape index (κ3) is 9.99. The van der Waals surface area contributed by atoms with Gasteiger partial charge >= 0.3 is 0 Å². The molecule has 44 heavy (non-hydrogen) atoms. The zero-order valence-electron chi connectivity index (χ0n) is 22.8. The lowest BCUT2D eigenvalue weighted by molar-refractivity contribution is 0.465. The Balaban J connectivity index is 0.000000240. The van der Waals surface area contributed by atoms with Gasteiger partial charge in [0.25, 0.3) is 0 Å². The predicted octanol–water partition coefficient (Wildman–Crippen LogP) is 8.85. The van der Waals surface area contributed by atoms with Crippen molar-refractivity contribution in [3.05, 3.63) is 114 Å². The maximum absolute atomic E-state index is 12.5. The number of aromatic nitrogens is 2. The lowest BCUT2D eigenvalue weighted by Crippen LogP contribution is -2.14. The van der Waals surface area contributed by atoms with E-state index in [9.17, 15) is 27.0 Å². The average Bonchev–Trinajstić information content (AvgIpc) is 2.90. The summed E-state index contributed by atoms with van der Waals surface area (Å²) in [6.45, 7) is 3.06. The van der Waals surface area contributed by atoms with Crippen LogP contribution in [0.3, 0.4) is 0 Å². The zero-order valence-corrected chi connectivity index (χ0v) is 29.0. The third-order valence-corrected chi connectivity index (χ3v) is 11.6. The monoisotopic (exact) mass is 758 g/mol. The van der Waals surface area contributed by atoms with Gasteiger partial charge in [0, 0.05) is 44.6 Å². The van der Waals surface area contributed by atoms with Crippen molar-refractivity contribution in [3.8, 4) is 11.5 Å². The normalized spacial score (nSPS) is 13.1. The van der Waals surface area contributed by atoms with Gasteiger partial charge in [-0.05, 0) is 61.4 Å². The fraction of sp³-hybridized carbons (Fsp3) is 0.214. The molecule has 4 rings (SSSR count). The smallest absolute Gasteiger partial charge is 0.162 e. The van der Waals surface area contributed by atoms with Crippen molar-refractivity contribution in [1.29, 1.82) is 0 Å². The Labute approximate surface area is 285 Å². The first-order valence-corrected chi connectivity index (χ1v) is 18.1. The number of hydrogen-bond acceptors (Lipinski definition) is 8. The van der Waals surface area contributed by atoms with E-state index in [0.717, 1.165) is 0 Å². The predicted molar refractivity (Wildman–Crippen MR) is 177 cm³/mol. The molecule has 2 aromatic carbocycles. The molecule has 0 aliphatic heterocycles. The number of halogens is 6. The Morgan fingerprint density at radius 2 is 0.841 bits per heavy atom. The highest BCUT2D eigenvalue weighted by atomic mass is 35.5. The number of aromatic hydroxyl groups is 2. The van der Waals surface area contributed by atoms with Gasteiger partial charge in [-0.1, -0.05) is 69.6 Å². The second-order valence-corrected chi connectivity index (χ2v) is 16.8. The van der Waals surface area contributed by atoms with Gasteiger partial charge in [0.15, 0.2) is 19.7 Å². The lowest BCUT2D eigenvalue weighted by atomic mass is 10.2. The van der Waals surface area contributed by atoms with E-state index in [1.165, 1.54) is 50.5 Å². The first kappa shape index (κ1) is 36.4. The minimum atomic E-state index is -3.62. The first-order chi connectivity index (χ1) is 20.4. The summed E-state index contributed by atoms with van der Waals surface area (Å²) in [5, 5.41) is 19.7. The number of rotatable bonds is 8. The van der Waals surface area contributed by atoms with Crippen LogP contribution in [0.4, 0.5) is 0 Å². The highest BCUT2D eigenvalue weighted by molar-refractivity contribution is 7.91. The molecule has 0 aliphatic carbocycles. The topological polar surface area (TPSA) is 135 Å². The Bertz CT molecular complexity index is 1710. The Morgan fingerprint density at radius 1 is 0.545 bits per heavy atom. The summed E-state index contributed by atoms with van der Waals surface area (Å²) in [6.07, 6.45) is 2.57. The van der Waals surface area contributed by atoms with Gasteiger partial charge in [-0.15, -0.1) is 0 Å². The Morgan fingerprint density at radius 3 is 1.11 bits per heavy atom. The fourth-order valence-corrected chi connectivity index (χ4v) is 8.00. The molecule has 0 unspecified atom stereocenters. The van der Waals surface area contributed by atoms with E-state index >= 15 is 0 Å². The summed E-state index contributed by atoms with van der Waals surface area (Å²) < 4.78 is 50.0. The van der Waals surface area contributed by atoms with Crippen LogP contribution in [0, 0.1) is 0 Å². The van der Waals surface area contributed by atoms with Gasteiger partial charge in [0.2, 0.25) is 0 Å². The van der Waals surface area contributed by atoms with Gasteiger partial charge < -0.3 is 10.2 Å². The second-order valence-electron chi connectivity index (χ2n) is 9.54. The van der Waals surface area contributed by atoms with Crippen LogP contribution in [0.5, 0.6) is 11.5 Å². The molecule has 0 saturated carbocycles. The molecule has 0 aliphatic rings. The number of sulfone groups is 2. The minimum Gasteiger partial charge on any atom is -0.506 e. The molecule has 0 bridgehead atoms. The summed E-state index contributed by atoms with van der Waals surface area (Å²) in [5.74, 6) is -1.34. The highest BCUT2D eigenvalue weighted by Crippen LogP contribution is 2.33. The number of nitrogens with zero attached hydrogens (tertiary/aromatic N) is 2. The average molecular weight is 761 g/mol. The van der Waals surface area contributed by atoms with Gasteiger partial charge in [-0.25, -0.2) is 16.8 Å². The molecule has 0 fully saturated rings. The van der Waals surface area contributed by atoms with Gasteiger partial charge in [-0.3, -0.25) is 9.97 Å². The first-order valence-electron chi connectivity index (χ1n) is 12.4. The number of benzene rings is 2. The van der Waals surface area contributed by atoms with E-state index in [-0.39, 0.29) is 32.9 Å². The molecule has 2 aromatic heterocycles. The molecule has 16 heteroatoms. The Kier molecular flexibility index (Phi) is 12.5. The van der Waals surface area contributed by atoms with Gasteiger partial charge in [0.05, 0.1) is 43.4 Å². The summed E-state index contributed by atoms with van der Waals surface area (Å²) in [7, 11) is -7.24. The molecule has 0 saturated heterocycles. The largest absolute Gasteiger partial charge is 0.506 e. The molecular weight excluding hydrogens is 737 g/mol. The van der Waals surface area contributed by atoms with E-state index in [4.69, 9.17) is 69.6 Å². The maximum Gasteiger partial charge on any atom is 0.162 e. The molecule has 8 nitrogen and oxygen atoms in total. The summed E-state index contributed by atoms with van der Waals surface area (Å²) in [6, 6.07) is 11.7. The molecule has 2 atom stereocenters. The van der Waals surface area contributed by atoms with E-state index in [0.29, 0.717) is 31.2 Å². The third-order valence-electron chi connectivity index (χ3n) is 6.29. The molecule has 0 radical (unpaired) electrons. The van der Waals surface area contributed by atoms with Crippen LogP contribution in [0.2, 0.25) is 30.1 Å². The van der Waals surface area contributed by atoms with Crippen molar-refractivity contribution < 1.29 is 27.0 Å². The van der Waals surface area contributed by atoms with Crippen molar-refractivity contribution in [2.75, 3.05) is 0 Å². The zero-order chi connectivity index (χ0) is 33.0. The van der Waals surface area contributed by atoms with Crippen molar-refractivity contribution in [2.45, 2.75) is 35.9 Å². The van der Waals surface area contributed by atoms with Crippen LogP contribution < -0.4 is 0 Å². The number of pyridine rings is 2. The van der Waals surface area contributed by atoms with Crippen LogP contribution in [0.1, 0.15) is 46.9 Å². The maximum atomic E-state index is 12.5. The molecule has 4 aromatic rings. The molecule has 0 amide bonds.